The monoisotopic (exact) mass is 350 g/mol. The number of nitrogens with one attached hydrogen (secondary N) is 1. The van der Waals surface area contributed by atoms with Crippen LogP contribution in [0.3, 0.4) is 0 Å². The fourth-order valence-corrected chi connectivity index (χ4v) is 4.43. The van der Waals surface area contributed by atoms with Crippen molar-refractivity contribution < 1.29 is 13.2 Å². The Morgan fingerprint density at radius 3 is 2.67 bits per heavy atom. The molecule has 2 aliphatic carbocycles. The van der Waals surface area contributed by atoms with Crippen molar-refractivity contribution in [2.75, 3.05) is 17.7 Å². The second-order valence-electron chi connectivity index (χ2n) is 7.12. The van der Waals surface area contributed by atoms with Crippen LogP contribution in [-0.2, 0) is 21.2 Å². The molecule has 24 heavy (non-hydrogen) atoms. The van der Waals surface area contributed by atoms with E-state index in [4.69, 9.17) is 0 Å². The highest BCUT2D eigenvalue weighted by Gasteiger charge is 2.41. The Morgan fingerprint density at radius 2 is 2.08 bits per heavy atom. The first kappa shape index (κ1) is 17.4. The zero-order valence-electron chi connectivity index (χ0n) is 14.6. The van der Waals surface area contributed by atoms with E-state index in [0.717, 1.165) is 36.9 Å². The molecule has 0 heterocycles. The molecule has 6 heteroatoms. The van der Waals surface area contributed by atoms with Crippen LogP contribution in [0.2, 0.25) is 0 Å². The summed E-state index contributed by atoms with van der Waals surface area (Å²) in [5.74, 6) is 0.808. The van der Waals surface area contributed by atoms with Crippen molar-refractivity contribution in [2.24, 2.45) is 11.8 Å². The standard InChI is InChI=1S/C18H26N2O3S/c1-4-20(18(21)15-10-12(15)2)14-9-8-13-6-5-7-17(16(13)11-14)19-24(3,22)23/h8-9,11-12,15,17,19H,4-7,10H2,1-3H3/t12-,15+,17+/m0/s1. The van der Waals surface area contributed by atoms with Crippen LogP contribution in [-0.4, -0.2) is 27.1 Å². The Kier molecular flexibility index (Phi) is 4.71. The van der Waals surface area contributed by atoms with E-state index in [2.05, 4.69) is 11.6 Å². The number of aryl methyl sites for hydroxylation is 1. The predicted octanol–water partition coefficient (Wildman–Crippen LogP) is 2.62. The van der Waals surface area contributed by atoms with Gasteiger partial charge in [-0.2, -0.15) is 0 Å². The van der Waals surface area contributed by atoms with Gasteiger partial charge in [0.25, 0.3) is 0 Å². The minimum Gasteiger partial charge on any atom is -0.312 e. The maximum absolute atomic E-state index is 12.6. The number of hydrogen-bond acceptors (Lipinski definition) is 3. The molecule has 1 saturated carbocycles. The van der Waals surface area contributed by atoms with Crippen LogP contribution in [0.4, 0.5) is 5.69 Å². The molecule has 0 aromatic heterocycles. The third-order valence-corrected chi connectivity index (χ3v) is 5.83. The number of carbonyl (C=O) groups excluding carboxylic acids is 1. The normalized spacial score (nSPS) is 25.9. The second kappa shape index (κ2) is 6.48. The highest BCUT2D eigenvalue weighted by Crippen LogP contribution is 2.40. The average Bonchev–Trinajstić information content (AvgIpc) is 3.24. The van der Waals surface area contributed by atoms with Gasteiger partial charge in [0.05, 0.1) is 6.26 Å². The van der Waals surface area contributed by atoms with Crippen molar-refractivity contribution in [3.63, 3.8) is 0 Å². The third-order valence-electron chi connectivity index (χ3n) is 5.12. The molecule has 1 N–H and O–H groups in total. The lowest BCUT2D eigenvalue weighted by Crippen LogP contribution is -2.33. The fourth-order valence-electron chi connectivity index (χ4n) is 3.67. The molecule has 0 aliphatic heterocycles. The lowest BCUT2D eigenvalue weighted by Gasteiger charge is -2.29. The van der Waals surface area contributed by atoms with Crippen molar-refractivity contribution in [1.82, 2.24) is 4.72 Å². The average molecular weight is 350 g/mol. The van der Waals surface area contributed by atoms with Gasteiger partial charge < -0.3 is 4.90 Å². The Hall–Kier alpha value is -1.40. The van der Waals surface area contributed by atoms with Crippen LogP contribution >= 0.6 is 0 Å². The van der Waals surface area contributed by atoms with Crippen molar-refractivity contribution in [3.05, 3.63) is 29.3 Å². The fraction of sp³-hybridized carbons (Fsp3) is 0.611. The van der Waals surface area contributed by atoms with Gasteiger partial charge in [-0.1, -0.05) is 13.0 Å². The van der Waals surface area contributed by atoms with E-state index in [0.29, 0.717) is 12.5 Å². The molecule has 2 aliphatic rings. The van der Waals surface area contributed by atoms with Gasteiger partial charge in [-0.25, -0.2) is 13.1 Å². The summed E-state index contributed by atoms with van der Waals surface area (Å²) < 4.78 is 26.0. The molecule has 0 radical (unpaired) electrons. The van der Waals surface area contributed by atoms with Gasteiger partial charge in [0.2, 0.25) is 15.9 Å². The zero-order chi connectivity index (χ0) is 17.5. The van der Waals surface area contributed by atoms with E-state index >= 15 is 0 Å². The summed E-state index contributed by atoms with van der Waals surface area (Å²) in [6, 6.07) is 5.85. The Bertz CT molecular complexity index is 745. The molecule has 0 spiro atoms. The van der Waals surface area contributed by atoms with Crippen LogP contribution in [0.25, 0.3) is 0 Å². The largest absolute Gasteiger partial charge is 0.312 e. The maximum atomic E-state index is 12.6. The topological polar surface area (TPSA) is 66.5 Å². The highest BCUT2D eigenvalue weighted by atomic mass is 32.2. The molecule has 1 aromatic carbocycles. The number of benzene rings is 1. The molecule has 3 atom stereocenters. The zero-order valence-corrected chi connectivity index (χ0v) is 15.4. The molecular formula is C18H26N2O3S. The van der Waals surface area contributed by atoms with Crippen LogP contribution in [0.15, 0.2) is 18.2 Å². The lowest BCUT2D eigenvalue weighted by atomic mass is 9.87. The van der Waals surface area contributed by atoms with Crippen LogP contribution in [0.5, 0.6) is 0 Å². The first-order valence-electron chi connectivity index (χ1n) is 8.71. The first-order valence-corrected chi connectivity index (χ1v) is 10.6. The van der Waals surface area contributed by atoms with Gasteiger partial charge in [0, 0.05) is 24.2 Å². The Morgan fingerprint density at radius 1 is 1.38 bits per heavy atom. The molecule has 1 amide bonds. The van der Waals surface area contributed by atoms with Crippen LogP contribution < -0.4 is 9.62 Å². The Labute approximate surface area is 144 Å². The van der Waals surface area contributed by atoms with Gasteiger partial charge in [-0.3, -0.25) is 4.79 Å². The quantitative estimate of drug-likeness (QED) is 0.888. The summed E-state index contributed by atoms with van der Waals surface area (Å²) >= 11 is 0. The minimum absolute atomic E-state index is 0.144. The van der Waals surface area contributed by atoms with Gasteiger partial charge >= 0.3 is 0 Å². The van der Waals surface area contributed by atoms with E-state index in [1.54, 1.807) is 0 Å². The van der Waals surface area contributed by atoms with Crippen LogP contribution in [0.1, 0.15) is 50.3 Å². The van der Waals surface area contributed by atoms with Gasteiger partial charge in [0.1, 0.15) is 0 Å². The summed E-state index contributed by atoms with van der Waals surface area (Å²) in [6.45, 7) is 4.72. The van der Waals surface area contributed by atoms with Crippen molar-refractivity contribution >= 4 is 21.6 Å². The number of hydrogen-bond donors (Lipinski definition) is 1. The van der Waals surface area contributed by atoms with Crippen molar-refractivity contribution in [3.8, 4) is 0 Å². The number of rotatable bonds is 5. The van der Waals surface area contributed by atoms with E-state index in [-0.39, 0.29) is 17.9 Å². The predicted molar refractivity (Wildman–Crippen MR) is 95.4 cm³/mol. The number of sulfonamides is 1. The Balaban J connectivity index is 1.90. The molecular weight excluding hydrogens is 324 g/mol. The smallest absolute Gasteiger partial charge is 0.230 e. The maximum Gasteiger partial charge on any atom is 0.230 e. The number of nitrogens with zero attached hydrogens (tertiary/aromatic N) is 1. The molecule has 0 saturated heterocycles. The molecule has 3 rings (SSSR count). The third kappa shape index (κ3) is 3.64. The first-order chi connectivity index (χ1) is 11.3. The molecule has 0 bridgehead atoms. The van der Waals surface area contributed by atoms with Crippen molar-refractivity contribution in [2.45, 2.75) is 45.6 Å². The summed E-state index contributed by atoms with van der Waals surface area (Å²) in [7, 11) is -3.26. The van der Waals surface area contributed by atoms with Gasteiger partial charge in [-0.05, 0) is 61.8 Å². The number of fused-ring (bicyclic) bond motifs is 1. The number of anilines is 1. The lowest BCUT2D eigenvalue weighted by molar-refractivity contribution is -0.120. The number of carbonyl (C=O) groups is 1. The second-order valence-corrected chi connectivity index (χ2v) is 8.90. The van der Waals surface area contributed by atoms with E-state index in [1.807, 2.05) is 30.0 Å². The van der Waals surface area contributed by atoms with E-state index in [1.165, 1.54) is 11.8 Å². The molecule has 1 aromatic rings. The molecule has 132 valence electrons. The van der Waals surface area contributed by atoms with E-state index < -0.39 is 10.0 Å². The molecule has 1 fully saturated rings. The summed E-state index contributed by atoms with van der Waals surface area (Å²) in [6.07, 6.45) is 4.89. The molecule has 0 unspecified atom stereocenters. The summed E-state index contributed by atoms with van der Waals surface area (Å²) in [4.78, 5) is 14.5. The summed E-state index contributed by atoms with van der Waals surface area (Å²) in [5, 5.41) is 0. The number of amides is 1. The SMILES string of the molecule is CCN(C(=O)[C@@H]1C[C@@H]1C)c1ccc2c(c1)[C@H](NS(C)(=O)=O)CCC2. The highest BCUT2D eigenvalue weighted by molar-refractivity contribution is 7.88. The van der Waals surface area contributed by atoms with Gasteiger partial charge in [0.15, 0.2) is 0 Å². The van der Waals surface area contributed by atoms with Crippen LogP contribution in [0, 0.1) is 11.8 Å². The van der Waals surface area contributed by atoms with E-state index in [9.17, 15) is 13.2 Å². The molecule has 5 nitrogen and oxygen atoms in total. The minimum atomic E-state index is -3.26. The van der Waals surface area contributed by atoms with Crippen molar-refractivity contribution in [1.29, 1.82) is 0 Å². The summed E-state index contributed by atoms with van der Waals surface area (Å²) in [5.41, 5.74) is 3.07. The van der Waals surface area contributed by atoms with Gasteiger partial charge in [-0.15, -0.1) is 0 Å².